The third kappa shape index (κ3) is 3.07. The maximum Gasteiger partial charge on any atom is 0.0934 e. The van der Waals surface area contributed by atoms with Gasteiger partial charge in [0.1, 0.15) is 0 Å². The van der Waals surface area contributed by atoms with E-state index in [4.69, 9.17) is 5.73 Å². The Hall–Kier alpha value is -0.150. The molecular weight excluding hydrogens is 155 g/mol. The normalized spacial score (nSPS) is 26.0. The molecule has 0 aromatic heterocycles. The van der Waals surface area contributed by atoms with Gasteiger partial charge in [-0.2, -0.15) is 0 Å². The van der Waals surface area contributed by atoms with Gasteiger partial charge in [0.15, 0.2) is 0 Å². The second kappa shape index (κ2) is 5.49. The monoisotopic (exact) mass is 174 g/mol. The summed E-state index contributed by atoms with van der Waals surface area (Å²) < 4.78 is 12.3. The summed E-state index contributed by atoms with van der Waals surface area (Å²) in [5.41, 5.74) is 5.41. The molecule has 0 unspecified atom stereocenters. The van der Waals surface area contributed by atoms with Gasteiger partial charge in [0.25, 0.3) is 0 Å². The van der Waals surface area contributed by atoms with E-state index in [0.717, 1.165) is 45.4 Å². The Morgan fingerprint density at radius 3 is 3.00 bits per heavy atom. The third-order valence-electron chi connectivity index (χ3n) is 2.50. The first-order valence-electron chi connectivity index (χ1n) is 4.85. The molecule has 0 aliphatic carbocycles. The summed E-state index contributed by atoms with van der Waals surface area (Å²) in [4.78, 5) is 2.33. The summed E-state index contributed by atoms with van der Waals surface area (Å²) in [5.74, 6) is 0.288. The van der Waals surface area contributed by atoms with E-state index in [0.29, 0.717) is 0 Å². The Bertz CT molecular complexity index is 119. The van der Waals surface area contributed by atoms with Crippen molar-refractivity contribution < 1.29 is 4.39 Å². The molecule has 0 bridgehead atoms. The molecule has 1 saturated heterocycles. The van der Waals surface area contributed by atoms with Crippen molar-refractivity contribution in [3.05, 3.63) is 0 Å². The number of likely N-dealkylation sites (tertiary alicyclic amines) is 1. The molecule has 0 saturated carbocycles. The van der Waals surface area contributed by atoms with Crippen LogP contribution in [0.4, 0.5) is 4.39 Å². The van der Waals surface area contributed by atoms with E-state index in [1.807, 2.05) is 0 Å². The van der Waals surface area contributed by atoms with Gasteiger partial charge < -0.3 is 10.6 Å². The van der Waals surface area contributed by atoms with Crippen molar-refractivity contribution in [2.45, 2.75) is 19.3 Å². The molecule has 0 spiro atoms. The van der Waals surface area contributed by atoms with Gasteiger partial charge in [0, 0.05) is 12.5 Å². The predicted octanol–water partition coefficient (Wildman–Crippen LogP) is 1.02. The van der Waals surface area contributed by atoms with Crippen LogP contribution in [0.15, 0.2) is 0 Å². The Labute approximate surface area is 73.9 Å². The highest BCUT2D eigenvalue weighted by atomic mass is 19.1. The van der Waals surface area contributed by atoms with E-state index >= 15 is 0 Å². The SMILES string of the molecule is NCCCN1CCC[C@H](CF)C1. The topological polar surface area (TPSA) is 29.3 Å². The van der Waals surface area contributed by atoms with Crippen LogP contribution in [-0.2, 0) is 0 Å². The molecule has 0 aromatic rings. The minimum Gasteiger partial charge on any atom is -0.330 e. The number of alkyl halides is 1. The standard InChI is InChI=1S/C9H19FN2/c10-7-9-3-1-5-12(8-9)6-2-4-11/h9H,1-8,11H2/t9-/m1/s1. The molecule has 2 nitrogen and oxygen atoms in total. The molecule has 1 fully saturated rings. The van der Waals surface area contributed by atoms with Crippen molar-refractivity contribution in [3.8, 4) is 0 Å². The van der Waals surface area contributed by atoms with Gasteiger partial charge in [0.05, 0.1) is 6.67 Å². The van der Waals surface area contributed by atoms with Gasteiger partial charge in [-0.3, -0.25) is 4.39 Å². The van der Waals surface area contributed by atoms with Crippen molar-refractivity contribution >= 4 is 0 Å². The summed E-state index contributed by atoms with van der Waals surface area (Å²) in [6.07, 6.45) is 3.26. The number of hydrogen-bond acceptors (Lipinski definition) is 2. The lowest BCUT2D eigenvalue weighted by Crippen LogP contribution is -2.37. The zero-order chi connectivity index (χ0) is 8.81. The maximum absolute atomic E-state index is 12.3. The first-order chi connectivity index (χ1) is 5.86. The number of halogens is 1. The molecule has 72 valence electrons. The molecule has 0 aromatic carbocycles. The molecule has 1 rings (SSSR count). The second-order valence-electron chi connectivity index (χ2n) is 3.61. The lowest BCUT2D eigenvalue weighted by Gasteiger charge is -2.31. The van der Waals surface area contributed by atoms with E-state index in [9.17, 15) is 4.39 Å². The highest BCUT2D eigenvalue weighted by Crippen LogP contribution is 2.16. The first kappa shape index (κ1) is 9.93. The van der Waals surface area contributed by atoms with Crippen molar-refractivity contribution in [2.24, 2.45) is 11.7 Å². The van der Waals surface area contributed by atoms with Gasteiger partial charge >= 0.3 is 0 Å². The van der Waals surface area contributed by atoms with Crippen molar-refractivity contribution in [1.82, 2.24) is 4.90 Å². The van der Waals surface area contributed by atoms with E-state index < -0.39 is 0 Å². The van der Waals surface area contributed by atoms with Crippen LogP contribution in [0, 0.1) is 5.92 Å². The molecule has 1 atom stereocenters. The first-order valence-corrected chi connectivity index (χ1v) is 4.85. The highest BCUT2D eigenvalue weighted by molar-refractivity contribution is 4.72. The smallest absolute Gasteiger partial charge is 0.0934 e. The molecule has 2 N–H and O–H groups in total. The van der Waals surface area contributed by atoms with Gasteiger partial charge in [-0.15, -0.1) is 0 Å². The lowest BCUT2D eigenvalue weighted by atomic mass is 9.99. The minimum atomic E-state index is -0.154. The van der Waals surface area contributed by atoms with E-state index in [1.54, 1.807) is 0 Å². The van der Waals surface area contributed by atoms with Gasteiger partial charge in [-0.05, 0) is 38.9 Å². The summed E-state index contributed by atoms with van der Waals surface area (Å²) in [7, 11) is 0. The number of piperidine rings is 1. The third-order valence-corrected chi connectivity index (χ3v) is 2.50. The molecule has 1 heterocycles. The Morgan fingerprint density at radius 2 is 2.33 bits per heavy atom. The molecule has 12 heavy (non-hydrogen) atoms. The fourth-order valence-corrected chi connectivity index (χ4v) is 1.80. The van der Waals surface area contributed by atoms with Crippen LogP contribution < -0.4 is 5.73 Å². The predicted molar refractivity (Wildman–Crippen MR) is 48.8 cm³/mol. The van der Waals surface area contributed by atoms with E-state index in [2.05, 4.69) is 4.90 Å². The summed E-state index contributed by atoms with van der Waals surface area (Å²) >= 11 is 0. The molecular formula is C9H19FN2. The Morgan fingerprint density at radius 1 is 1.50 bits per heavy atom. The van der Waals surface area contributed by atoms with E-state index in [-0.39, 0.29) is 12.6 Å². The molecule has 1 aliphatic rings. The average molecular weight is 174 g/mol. The number of hydrogen-bond donors (Lipinski definition) is 1. The van der Waals surface area contributed by atoms with Crippen molar-refractivity contribution in [3.63, 3.8) is 0 Å². The summed E-state index contributed by atoms with van der Waals surface area (Å²) in [5, 5.41) is 0. The largest absolute Gasteiger partial charge is 0.330 e. The minimum absolute atomic E-state index is 0.154. The zero-order valence-corrected chi connectivity index (χ0v) is 7.64. The Kier molecular flexibility index (Phi) is 4.54. The van der Waals surface area contributed by atoms with E-state index in [1.165, 1.54) is 0 Å². The molecule has 0 amide bonds. The lowest BCUT2D eigenvalue weighted by molar-refractivity contribution is 0.153. The van der Waals surface area contributed by atoms with Gasteiger partial charge in [-0.25, -0.2) is 0 Å². The second-order valence-corrected chi connectivity index (χ2v) is 3.61. The average Bonchev–Trinajstić information content (AvgIpc) is 2.15. The van der Waals surface area contributed by atoms with Crippen LogP contribution in [0.3, 0.4) is 0 Å². The highest BCUT2D eigenvalue weighted by Gasteiger charge is 2.18. The summed E-state index contributed by atoms with van der Waals surface area (Å²) in [6, 6.07) is 0. The van der Waals surface area contributed by atoms with Crippen molar-refractivity contribution in [1.29, 1.82) is 0 Å². The number of nitrogens with two attached hydrogens (primary N) is 1. The van der Waals surface area contributed by atoms with Gasteiger partial charge in [-0.1, -0.05) is 0 Å². The van der Waals surface area contributed by atoms with Crippen LogP contribution in [0.2, 0.25) is 0 Å². The van der Waals surface area contributed by atoms with Crippen LogP contribution in [0.1, 0.15) is 19.3 Å². The van der Waals surface area contributed by atoms with Crippen LogP contribution >= 0.6 is 0 Å². The molecule has 3 heteroatoms. The van der Waals surface area contributed by atoms with Gasteiger partial charge in [0.2, 0.25) is 0 Å². The number of nitrogens with zero attached hydrogens (tertiary/aromatic N) is 1. The maximum atomic E-state index is 12.3. The summed E-state index contributed by atoms with van der Waals surface area (Å²) in [6.45, 7) is 3.72. The van der Waals surface area contributed by atoms with Crippen LogP contribution in [0.5, 0.6) is 0 Å². The Balaban J connectivity index is 2.16. The fourth-order valence-electron chi connectivity index (χ4n) is 1.80. The molecule has 1 aliphatic heterocycles. The number of rotatable bonds is 4. The van der Waals surface area contributed by atoms with Crippen molar-refractivity contribution in [2.75, 3.05) is 32.9 Å². The quantitative estimate of drug-likeness (QED) is 0.689. The molecule has 0 radical (unpaired) electrons. The fraction of sp³-hybridized carbons (Fsp3) is 1.00. The van der Waals surface area contributed by atoms with Crippen LogP contribution in [0.25, 0.3) is 0 Å². The van der Waals surface area contributed by atoms with Crippen LogP contribution in [-0.4, -0.2) is 37.8 Å². The zero-order valence-electron chi connectivity index (χ0n) is 7.64.